The number of alkyl halides is 1. The third-order valence-corrected chi connectivity index (χ3v) is 3.76. The first kappa shape index (κ1) is 17.7. The van der Waals surface area contributed by atoms with Gasteiger partial charge in [0, 0.05) is 22.5 Å². The number of hydrogen-bond donors (Lipinski definition) is 2. The minimum atomic E-state index is -0.642. The Balaban J connectivity index is 3.12. The summed E-state index contributed by atoms with van der Waals surface area (Å²) in [7, 11) is 0. The summed E-state index contributed by atoms with van der Waals surface area (Å²) in [6.45, 7) is 9.33. The lowest BCUT2D eigenvalue weighted by atomic mass is 9.95. The Hall–Kier alpha value is -1.36. The van der Waals surface area contributed by atoms with Crippen LogP contribution in [0.2, 0.25) is 0 Å². The predicted octanol–water partition coefficient (Wildman–Crippen LogP) is 4.07. The van der Waals surface area contributed by atoms with Crippen molar-refractivity contribution in [3.05, 3.63) is 29.3 Å². The van der Waals surface area contributed by atoms with Gasteiger partial charge in [0.15, 0.2) is 0 Å². The third-order valence-electron chi connectivity index (χ3n) is 2.89. The highest BCUT2D eigenvalue weighted by atomic mass is 79.9. The molecule has 0 aliphatic heterocycles. The van der Waals surface area contributed by atoms with Crippen LogP contribution in [0.4, 0.5) is 5.69 Å². The molecule has 1 atom stereocenters. The van der Waals surface area contributed by atoms with Crippen LogP contribution in [-0.4, -0.2) is 17.3 Å². The number of rotatable bonds is 4. The maximum absolute atomic E-state index is 12.1. The summed E-state index contributed by atoms with van der Waals surface area (Å²) < 4.78 is 5.36. The molecule has 0 heterocycles. The lowest BCUT2D eigenvalue weighted by Crippen LogP contribution is -2.26. The number of ether oxygens (including phenoxy) is 1. The third kappa shape index (κ3) is 4.56. The van der Waals surface area contributed by atoms with E-state index in [0.29, 0.717) is 22.5 Å². The Morgan fingerprint density at radius 1 is 1.33 bits per heavy atom. The zero-order valence-corrected chi connectivity index (χ0v) is 14.7. The summed E-state index contributed by atoms with van der Waals surface area (Å²) >= 11 is 3.35. The molecule has 1 aromatic carbocycles. The van der Waals surface area contributed by atoms with Crippen molar-refractivity contribution in [2.24, 2.45) is 5.92 Å². The summed E-state index contributed by atoms with van der Waals surface area (Å²) in [5.41, 5.74) is 7.79. The van der Waals surface area contributed by atoms with Gasteiger partial charge in [0.2, 0.25) is 0 Å². The molecule has 1 aromatic rings. The number of hydrogen-bond acceptors (Lipinski definition) is 4. The Morgan fingerprint density at radius 2 is 1.90 bits per heavy atom. The molecule has 4 nitrogen and oxygen atoms in total. The molecule has 0 aliphatic carbocycles. The largest absolute Gasteiger partial charge is 0.459 e. The van der Waals surface area contributed by atoms with Gasteiger partial charge in [-0.1, -0.05) is 48.0 Å². The minimum Gasteiger partial charge on any atom is -0.459 e. The second-order valence-corrected chi connectivity index (χ2v) is 7.19. The molecule has 116 valence electrons. The van der Waals surface area contributed by atoms with Crippen molar-refractivity contribution in [1.29, 1.82) is 5.41 Å². The van der Waals surface area contributed by atoms with Crippen LogP contribution in [0.3, 0.4) is 0 Å². The maximum atomic E-state index is 12.1. The first-order valence-corrected chi connectivity index (χ1v) is 7.80. The average Bonchev–Trinajstić information content (AvgIpc) is 2.35. The van der Waals surface area contributed by atoms with Crippen molar-refractivity contribution in [3.8, 4) is 0 Å². The molecule has 21 heavy (non-hydrogen) atoms. The fourth-order valence-electron chi connectivity index (χ4n) is 1.83. The Kier molecular flexibility index (Phi) is 5.56. The van der Waals surface area contributed by atoms with Gasteiger partial charge in [0.25, 0.3) is 0 Å². The standard InChI is InChI=1S/C16H23BrN2O2/c1-9(2)13(18)11-8-6-7-10(14(11)19)12(17)15(20)21-16(3,4)5/h6-9,12,18H,19H2,1-5H3. The molecule has 0 saturated heterocycles. The highest BCUT2D eigenvalue weighted by molar-refractivity contribution is 9.09. The summed E-state index contributed by atoms with van der Waals surface area (Å²) in [6, 6.07) is 5.38. The molecular formula is C16H23BrN2O2. The predicted molar refractivity (Wildman–Crippen MR) is 90.0 cm³/mol. The van der Waals surface area contributed by atoms with Gasteiger partial charge in [-0.25, -0.2) is 0 Å². The van der Waals surface area contributed by atoms with E-state index in [9.17, 15) is 4.79 Å². The van der Waals surface area contributed by atoms with Gasteiger partial charge in [-0.3, -0.25) is 4.79 Å². The fraction of sp³-hybridized carbons (Fsp3) is 0.500. The average molecular weight is 355 g/mol. The summed E-state index contributed by atoms with van der Waals surface area (Å²) in [5, 5.41) is 8.10. The zero-order chi connectivity index (χ0) is 16.4. The maximum Gasteiger partial charge on any atom is 0.324 e. The Labute approximate surface area is 134 Å². The van der Waals surface area contributed by atoms with Crippen molar-refractivity contribution >= 4 is 33.3 Å². The van der Waals surface area contributed by atoms with E-state index in [4.69, 9.17) is 15.9 Å². The van der Waals surface area contributed by atoms with Gasteiger partial charge in [0.05, 0.1) is 0 Å². The van der Waals surface area contributed by atoms with E-state index in [1.165, 1.54) is 0 Å². The van der Waals surface area contributed by atoms with Crippen LogP contribution in [0, 0.1) is 11.3 Å². The fourth-order valence-corrected chi connectivity index (χ4v) is 2.32. The molecule has 3 N–H and O–H groups in total. The van der Waals surface area contributed by atoms with Crippen molar-refractivity contribution < 1.29 is 9.53 Å². The quantitative estimate of drug-likeness (QED) is 0.370. The lowest BCUT2D eigenvalue weighted by Gasteiger charge is -2.23. The van der Waals surface area contributed by atoms with E-state index >= 15 is 0 Å². The van der Waals surface area contributed by atoms with E-state index in [-0.39, 0.29) is 11.9 Å². The zero-order valence-electron chi connectivity index (χ0n) is 13.2. The number of halogens is 1. The van der Waals surface area contributed by atoms with Crippen LogP contribution in [-0.2, 0) is 9.53 Å². The van der Waals surface area contributed by atoms with Crippen molar-refractivity contribution in [2.45, 2.75) is 45.0 Å². The van der Waals surface area contributed by atoms with E-state index in [1.807, 2.05) is 34.6 Å². The summed E-state index contributed by atoms with van der Waals surface area (Å²) in [6.07, 6.45) is 0. The van der Waals surface area contributed by atoms with Gasteiger partial charge < -0.3 is 15.9 Å². The van der Waals surface area contributed by atoms with Crippen molar-refractivity contribution in [2.75, 3.05) is 5.73 Å². The molecule has 1 rings (SSSR count). The number of anilines is 1. The highest BCUT2D eigenvalue weighted by Gasteiger charge is 2.27. The van der Waals surface area contributed by atoms with E-state index in [1.54, 1.807) is 18.2 Å². The van der Waals surface area contributed by atoms with E-state index < -0.39 is 10.4 Å². The number of esters is 1. The van der Waals surface area contributed by atoms with E-state index in [0.717, 1.165) is 0 Å². The van der Waals surface area contributed by atoms with Gasteiger partial charge >= 0.3 is 5.97 Å². The van der Waals surface area contributed by atoms with Crippen molar-refractivity contribution in [1.82, 2.24) is 0 Å². The van der Waals surface area contributed by atoms with Crippen LogP contribution in [0.15, 0.2) is 18.2 Å². The molecular weight excluding hydrogens is 332 g/mol. The molecule has 0 bridgehead atoms. The van der Waals surface area contributed by atoms with Crippen LogP contribution in [0.1, 0.15) is 50.6 Å². The number of carbonyl (C=O) groups excluding carboxylic acids is 1. The van der Waals surface area contributed by atoms with Crippen LogP contribution >= 0.6 is 15.9 Å². The number of nitrogens with two attached hydrogens (primary N) is 1. The van der Waals surface area contributed by atoms with Gasteiger partial charge in [-0.15, -0.1) is 0 Å². The SMILES string of the molecule is CC(C)C(=N)c1cccc(C(Br)C(=O)OC(C)(C)C)c1N. The topological polar surface area (TPSA) is 76.2 Å². The highest BCUT2D eigenvalue weighted by Crippen LogP contribution is 2.33. The van der Waals surface area contributed by atoms with Crippen molar-refractivity contribution in [3.63, 3.8) is 0 Å². The molecule has 1 unspecified atom stereocenters. The second kappa shape index (κ2) is 6.60. The number of carbonyl (C=O) groups is 1. The van der Waals surface area contributed by atoms with Gasteiger partial charge in [0.1, 0.15) is 10.4 Å². The number of para-hydroxylation sites is 1. The van der Waals surface area contributed by atoms with Gasteiger partial charge in [-0.05, 0) is 26.7 Å². The van der Waals surface area contributed by atoms with Gasteiger partial charge in [-0.2, -0.15) is 0 Å². The molecule has 0 fully saturated rings. The van der Waals surface area contributed by atoms with Crippen LogP contribution in [0.25, 0.3) is 0 Å². The summed E-state index contributed by atoms with van der Waals surface area (Å²) in [4.78, 5) is 11.5. The lowest BCUT2D eigenvalue weighted by molar-refractivity contribution is -0.154. The number of nitrogen functional groups attached to an aromatic ring is 1. The molecule has 0 spiro atoms. The Morgan fingerprint density at radius 3 is 2.38 bits per heavy atom. The first-order chi connectivity index (χ1) is 9.54. The molecule has 0 aromatic heterocycles. The summed E-state index contributed by atoms with van der Waals surface area (Å²) in [5.74, 6) is -0.319. The monoisotopic (exact) mass is 354 g/mol. The van der Waals surface area contributed by atoms with Crippen LogP contribution in [0.5, 0.6) is 0 Å². The van der Waals surface area contributed by atoms with E-state index in [2.05, 4.69) is 15.9 Å². The smallest absolute Gasteiger partial charge is 0.324 e. The molecule has 0 aliphatic rings. The molecule has 5 heteroatoms. The normalized spacial score (nSPS) is 13.1. The second-order valence-electron chi connectivity index (χ2n) is 6.27. The number of nitrogens with one attached hydrogen (secondary N) is 1. The minimum absolute atomic E-state index is 0.0675. The number of benzene rings is 1. The Bertz CT molecular complexity index is 548. The molecule has 0 amide bonds. The van der Waals surface area contributed by atoms with Crippen LogP contribution < -0.4 is 5.73 Å². The molecule has 0 radical (unpaired) electrons. The first-order valence-electron chi connectivity index (χ1n) is 6.88. The molecule has 0 saturated carbocycles.